The fraction of sp³-hybridized carbons (Fsp3) is 0.480. The van der Waals surface area contributed by atoms with E-state index < -0.39 is 5.92 Å². The highest BCUT2D eigenvalue weighted by Crippen LogP contribution is 2.14. The van der Waals surface area contributed by atoms with Gasteiger partial charge in [0.1, 0.15) is 6.61 Å². The zero-order valence-corrected chi connectivity index (χ0v) is 18.8. The van der Waals surface area contributed by atoms with Crippen molar-refractivity contribution in [1.29, 1.82) is 0 Å². The molecule has 1 rings (SSSR count). The van der Waals surface area contributed by atoms with E-state index in [4.69, 9.17) is 4.74 Å². The average molecular weight is 445 g/mol. The van der Waals surface area contributed by atoms with E-state index in [1.165, 1.54) is 0 Å². The Bertz CT molecular complexity index is 720. The molecule has 0 saturated carbocycles. The summed E-state index contributed by atoms with van der Waals surface area (Å²) in [5.41, 5.74) is 0.949. The first-order chi connectivity index (χ1) is 15.5. The Balaban J connectivity index is 2.49. The van der Waals surface area contributed by atoms with Crippen molar-refractivity contribution < 1.29 is 24.2 Å². The van der Waals surface area contributed by atoms with Crippen LogP contribution in [0.1, 0.15) is 44.1 Å². The molecule has 1 aromatic rings. The molecule has 0 spiro atoms. The maximum absolute atomic E-state index is 12.8. The summed E-state index contributed by atoms with van der Waals surface area (Å²) < 4.78 is 5.13. The Hall–Kier alpha value is -2.93. The molecule has 0 heterocycles. The number of unbranched alkanes of at least 4 members (excludes halogenated alkanes) is 2. The van der Waals surface area contributed by atoms with Gasteiger partial charge in [-0.05, 0) is 31.2 Å². The number of allylic oxidation sites excluding steroid dienone is 2. The highest BCUT2D eigenvalue weighted by atomic mass is 16.5. The number of aliphatic hydroxyl groups excluding tert-OH is 1. The van der Waals surface area contributed by atoms with Crippen molar-refractivity contribution in [3.8, 4) is 0 Å². The van der Waals surface area contributed by atoms with Gasteiger partial charge in [-0.1, -0.05) is 42.5 Å². The molecule has 0 radical (unpaired) electrons. The molecule has 7 heteroatoms. The fourth-order valence-corrected chi connectivity index (χ4v) is 3.15. The van der Waals surface area contributed by atoms with Gasteiger partial charge in [0.15, 0.2) is 0 Å². The Morgan fingerprint density at radius 2 is 1.88 bits per heavy atom. The second-order valence-corrected chi connectivity index (χ2v) is 7.50. The molecule has 2 amide bonds. The molecule has 0 aliphatic rings. The standard InChI is InChI=1S/C25H36N2O5/c1-3-5-6-10-14-24(30)32-18-15-26-25(31)22(11-4-2)19-23(29)27(16-17-28)20-21-12-8-7-9-13-21/h3-4,7-9,12-13,22,28H,1-2,5-6,10-11,14-20H2,(H,26,31)/t22-/m1/s1. The van der Waals surface area contributed by atoms with Crippen LogP contribution < -0.4 is 5.32 Å². The normalized spacial score (nSPS) is 11.3. The smallest absolute Gasteiger partial charge is 0.305 e. The molecule has 1 aromatic carbocycles. The first-order valence-electron chi connectivity index (χ1n) is 11.1. The Morgan fingerprint density at radius 3 is 2.53 bits per heavy atom. The number of nitrogens with zero attached hydrogens (tertiary/aromatic N) is 1. The van der Waals surface area contributed by atoms with Crippen molar-refractivity contribution in [2.45, 2.75) is 45.1 Å². The third-order valence-electron chi connectivity index (χ3n) is 4.89. The maximum Gasteiger partial charge on any atom is 0.305 e. The molecule has 0 aliphatic carbocycles. The van der Waals surface area contributed by atoms with Crippen molar-refractivity contribution in [3.05, 3.63) is 61.2 Å². The summed E-state index contributed by atoms with van der Waals surface area (Å²) >= 11 is 0. The van der Waals surface area contributed by atoms with Gasteiger partial charge in [-0.3, -0.25) is 14.4 Å². The zero-order chi connectivity index (χ0) is 23.6. The number of hydrogen-bond donors (Lipinski definition) is 2. The number of carbonyl (C=O) groups is 3. The van der Waals surface area contributed by atoms with Crippen LogP contribution in [-0.4, -0.2) is 54.1 Å². The van der Waals surface area contributed by atoms with E-state index in [-0.39, 0.29) is 50.5 Å². The van der Waals surface area contributed by atoms with E-state index in [1.807, 2.05) is 36.4 Å². The molecule has 0 bridgehead atoms. The number of ether oxygens (including phenoxy) is 1. The largest absolute Gasteiger partial charge is 0.464 e. The average Bonchev–Trinajstić information content (AvgIpc) is 2.79. The van der Waals surface area contributed by atoms with Crippen LogP contribution in [0.15, 0.2) is 55.6 Å². The lowest BCUT2D eigenvalue weighted by Gasteiger charge is -2.24. The van der Waals surface area contributed by atoms with Crippen LogP contribution in [0, 0.1) is 5.92 Å². The number of benzene rings is 1. The first-order valence-corrected chi connectivity index (χ1v) is 11.1. The van der Waals surface area contributed by atoms with Crippen LogP contribution in [0.25, 0.3) is 0 Å². The van der Waals surface area contributed by atoms with Crippen LogP contribution >= 0.6 is 0 Å². The van der Waals surface area contributed by atoms with Crippen molar-refractivity contribution >= 4 is 17.8 Å². The Labute approximate surface area is 191 Å². The van der Waals surface area contributed by atoms with E-state index in [2.05, 4.69) is 18.5 Å². The summed E-state index contributed by atoms with van der Waals surface area (Å²) in [6.07, 6.45) is 6.63. The summed E-state index contributed by atoms with van der Waals surface area (Å²) in [6.45, 7) is 8.00. The summed E-state index contributed by atoms with van der Waals surface area (Å²) in [6, 6.07) is 9.49. The van der Waals surface area contributed by atoms with Gasteiger partial charge in [-0.25, -0.2) is 0 Å². The van der Waals surface area contributed by atoms with E-state index in [9.17, 15) is 19.5 Å². The molecular formula is C25H36N2O5. The van der Waals surface area contributed by atoms with Gasteiger partial charge in [0.05, 0.1) is 19.1 Å². The third kappa shape index (κ3) is 11.5. The van der Waals surface area contributed by atoms with E-state index in [1.54, 1.807) is 11.0 Å². The minimum atomic E-state index is -0.577. The third-order valence-corrected chi connectivity index (χ3v) is 4.89. The van der Waals surface area contributed by atoms with Crippen LogP contribution in [0.3, 0.4) is 0 Å². The molecule has 32 heavy (non-hydrogen) atoms. The van der Waals surface area contributed by atoms with Crippen molar-refractivity contribution in [2.75, 3.05) is 26.3 Å². The molecule has 1 atom stereocenters. The van der Waals surface area contributed by atoms with E-state index >= 15 is 0 Å². The van der Waals surface area contributed by atoms with Crippen LogP contribution in [0.4, 0.5) is 0 Å². The molecule has 176 valence electrons. The SMILES string of the molecule is C=CCCCCC(=O)OCCNC(=O)[C@H](CC=C)CC(=O)N(CCO)Cc1ccccc1. The molecule has 0 fully saturated rings. The van der Waals surface area contributed by atoms with Crippen LogP contribution in [0.5, 0.6) is 0 Å². The lowest BCUT2D eigenvalue weighted by Crippen LogP contribution is -2.39. The van der Waals surface area contributed by atoms with Crippen molar-refractivity contribution in [2.24, 2.45) is 5.92 Å². The van der Waals surface area contributed by atoms with Crippen LogP contribution in [0.2, 0.25) is 0 Å². The number of carbonyl (C=O) groups excluding carboxylic acids is 3. The molecular weight excluding hydrogens is 408 g/mol. The Morgan fingerprint density at radius 1 is 1.12 bits per heavy atom. The molecule has 2 N–H and O–H groups in total. The van der Waals surface area contributed by atoms with Gasteiger partial charge in [-0.15, -0.1) is 13.2 Å². The number of amides is 2. The predicted octanol–water partition coefficient (Wildman–Crippen LogP) is 3.00. The monoisotopic (exact) mass is 444 g/mol. The van der Waals surface area contributed by atoms with Crippen molar-refractivity contribution in [1.82, 2.24) is 10.2 Å². The second-order valence-electron chi connectivity index (χ2n) is 7.50. The lowest BCUT2D eigenvalue weighted by atomic mass is 9.99. The van der Waals surface area contributed by atoms with Gasteiger partial charge < -0.3 is 20.1 Å². The number of rotatable bonds is 17. The first kappa shape index (κ1) is 27.1. The van der Waals surface area contributed by atoms with Gasteiger partial charge in [0, 0.05) is 25.9 Å². The summed E-state index contributed by atoms with van der Waals surface area (Å²) in [5, 5.41) is 12.1. The second kappa shape index (κ2) is 16.7. The topological polar surface area (TPSA) is 95.9 Å². The number of esters is 1. The lowest BCUT2D eigenvalue weighted by molar-refractivity contribution is -0.144. The summed E-state index contributed by atoms with van der Waals surface area (Å²) in [4.78, 5) is 38.6. The van der Waals surface area contributed by atoms with Crippen molar-refractivity contribution in [3.63, 3.8) is 0 Å². The number of hydrogen-bond acceptors (Lipinski definition) is 5. The zero-order valence-electron chi connectivity index (χ0n) is 18.8. The molecule has 0 unspecified atom stereocenters. The quantitative estimate of drug-likeness (QED) is 0.219. The minimum Gasteiger partial charge on any atom is -0.464 e. The molecule has 0 aromatic heterocycles. The van der Waals surface area contributed by atoms with Gasteiger partial charge in [-0.2, -0.15) is 0 Å². The van der Waals surface area contributed by atoms with E-state index in [0.717, 1.165) is 24.8 Å². The highest BCUT2D eigenvalue weighted by Gasteiger charge is 2.24. The highest BCUT2D eigenvalue weighted by molar-refractivity contribution is 5.86. The Kier molecular flexibility index (Phi) is 14.2. The predicted molar refractivity (Wildman–Crippen MR) is 124 cm³/mol. The van der Waals surface area contributed by atoms with Crippen LogP contribution in [-0.2, 0) is 25.7 Å². The fourth-order valence-electron chi connectivity index (χ4n) is 3.15. The van der Waals surface area contributed by atoms with Gasteiger partial charge in [0.2, 0.25) is 11.8 Å². The summed E-state index contributed by atoms with van der Waals surface area (Å²) in [7, 11) is 0. The molecule has 7 nitrogen and oxygen atoms in total. The number of aliphatic hydroxyl groups is 1. The maximum atomic E-state index is 12.8. The molecule has 0 aliphatic heterocycles. The molecule has 0 saturated heterocycles. The number of nitrogens with one attached hydrogen (secondary N) is 1. The van der Waals surface area contributed by atoms with Gasteiger partial charge >= 0.3 is 5.97 Å². The van der Waals surface area contributed by atoms with E-state index in [0.29, 0.717) is 19.4 Å². The van der Waals surface area contributed by atoms with Gasteiger partial charge in [0.25, 0.3) is 0 Å². The summed E-state index contributed by atoms with van der Waals surface area (Å²) in [5.74, 6) is -1.37. The minimum absolute atomic E-state index is 0.00772.